The van der Waals surface area contributed by atoms with Gasteiger partial charge in [0.1, 0.15) is 0 Å². The Morgan fingerprint density at radius 3 is 2.62 bits per heavy atom. The molecule has 0 aliphatic carbocycles. The first-order valence-corrected chi connectivity index (χ1v) is 10.0. The van der Waals surface area contributed by atoms with Crippen LogP contribution in [0.15, 0.2) is 47.5 Å². The van der Waals surface area contributed by atoms with Crippen molar-refractivity contribution in [2.24, 2.45) is 10.4 Å². The topological polar surface area (TPSA) is 30.9 Å². The first-order valence-electron chi connectivity index (χ1n) is 10.0. The zero-order valence-electron chi connectivity index (χ0n) is 16.6. The van der Waals surface area contributed by atoms with Gasteiger partial charge in [-0.25, -0.2) is 0 Å². The molecule has 2 aliphatic rings. The number of guanidine groups is 1. The van der Waals surface area contributed by atoms with Gasteiger partial charge >= 0.3 is 0 Å². The average Bonchev–Trinajstić information content (AvgIpc) is 3.30. The molecule has 1 saturated heterocycles. The van der Waals surface area contributed by atoms with Crippen LogP contribution in [0.2, 0.25) is 0 Å². The lowest BCUT2D eigenvalue weighted by molar-refractivity contribution is 0.259. The maximum Gasteiger partial charge on any atom is 0.193 e. The van der Waals surface area contributed by atoms with E-state index in [0.717, 1.165) is 51.6 Å². The number of hydrogen-bond donors (Lipinski definition) is 1. The van der Waals surface area contributed by atoms with E-state index in [-0.39, 0.29) is 5.41 Å². The van der Waals surface area contributed by atoms with Gasteiger partial charge in [-0.3, -0.25) is 9.89 Å². The third kappa shape index (κ3) is 5.10. The van der Waals surface area contributed by atoms with Gasteiger partial charge in [0.05, 0.1) is 0 Å². The third-order valence-corrected chi connectivity index (χ3v) is 5.34. The highest BCUT2D eigenvalue weighted by atomic mass is 15.3. The number of likely N-dealkylation sites (tertiary alicyclic amines) is 1. The van der Waals surface area contributed by atoms with Crippen molar-refractivity contribution in [3.05, 3.63) is 48.0 Å². The summed E-state index contributed by atoms with van der Waals surface area (Å²) in [6.07, 6.45) is 6.86. The highest BCUT2D eigenvalue weighted by Crippen LogP contribution is 2.23. The van der Waals surface area contributed by atoms with E-state index in [2.05, 4.69) is 78.4 Å². The van der Waals surface area contributed by atoms with E-state index in [9.17, 15) is 0 Å². The predicted octanol–water partition coefficient (Wildman–Crippen LogP) is 3.17. The molecule has 1 atom stereocenters. The van der Waals surface area contributed by atoms with Crippen LogP contribution in [-0.4, -0.2) is 61.1 Å². The van der Waals surface area contributed by atoms with Gasteiger partial charge in [-0.2, -0.15) is 0 Å². The number of rotatable bonds is 6. The van der Waals surface area contributed by atoms with Gasteiger partial charge in [-0.05, 0) is 30.7 Å². The molecule has 4 nitrogen and oxygen atoms in total. The fourth-order valence-corrected chi connectivity index (χ4v) is 3.94. The van der Waals surface area contributed by atoms with Crippen LogP contribution in [0.25, 0.3) is 0 Å². The fourth-order valence-electron chi connectivity index (χ4n) is 3.94. The molecule has 1 N–H and O–H groups in total. The van der Waals surface area contributed by atoms with E-state index < -0.39 is 0 Å². The summed E-state index contributed by atoms with van der Waals surface area (Å²) in [5.74, 6) is 1.09. The largest absolute Gasteiger partial charge is 0.357 e. The van der Waals surface area contributed by atoms with Crippen LogP contribution < -0.4 is 5.32 Å². The second-order valence-corrected chi connectivity index (χ2v) is 8.31. The molecule has 0 amide bonds. The second kappa shape index (κ2) is 8.72. The normalized spacial score (nSPS) is 21.6. The zero-order chi connectivity index (χ0) is 18.4. The molecule has 4 heteroatoms. The Morgan fingerprint density at radius 1 is 1.19 bits per heavy atom. The Hall–Kier alpha value is -1.81. The molecule has 0 spiro atoms. The number of hydrogen-bond acceptors (Lipinski definition) is 2. The third-order valence-electron chi connectivity index (χ3n) is 5.34. The minimum atomic E-state index is 0.153. The van der Waals surface area contributed by atoms with Gasteiger partial charge < -0.3 is 10.2 Å². The Balaban J connectivity index is 1.59. The molecule has 1 aromatic carbocycles. The van der Waals surface area contributed by atoms with E-state index in [1.165, 1.54) is 12.0 Å². The van der Waals surface area contributed by atoms with Crippen molar-refractivity contribution in [2.75, 3.05) is 39.3 Å². The van der Waals surface area contributed by atoms with Crippen molar-refractivity contribution >= 4 is 5.96 Å². The summed E-state index contributed by atoms with van der Waals surface area (Å²) >= 11 is 0. The Kier molecular flexibility index (Phi) is 6.36. The molecular formula is C22H34N4. The lowest BCUT2D eigenvalue weighted by atomic mass is 9.86. The molecule has 1 aromatic rings. The molecule has 0 saturated carbocycles. The van der Waals surface area contributed by atoms with Gasteiger partial charge in [-0.15, -0.1) is 0 Å². The lowest BCUT2D eigenvalue weighted by Crippen LogP contribution is -2.43. The van der Waals surface area contributed by atoms with Gasteiger partial charge in [0.2, 0.25) is 0 Å². The van der Waals surface area contributed by atoms with E-state index in [4.69, 9.17) is 4.99 Å². The Morgan fingerprint density at radius 2 is 1.92 bits per heavy atom. The molecule has 0 radical (unpaired) electrons. The standard InChI is InChI=1S/C22H34N4/c1-4-23-21(26-15-12-20(17-26)25-13-8-9-14-25)24-18-22(2,3)16-19-10-6-5-7-11-19/h5-11,20H,4,12-18H2,1-3H3,(H,23,24). The van der Waals surface area contributed by atoms with Gasteiger partial charge in [0.15, 0.2) is 5.96 Å². The highest BCUT2D eigenvalue weighted by molar-refractivity contribution is 5.80. The molecular weight excluding hydrogens is 320 g/mol. The minimum Gasteiger partial charge on any atom is -0.357 e. The molecule has 26 heavy (non-hydrogen) atoms. The SMILES string of the molecule is CCNC(=NCC(C)(C)Cc1ccccc1)N1CCC(N2CC=CC2)C1. The number of aliphatic imine (C=N–C) groups is 1. The van der Waals surface area contributed by atoms with Crippen molar-refractivity contribution in [1.29, 1.82) is 0 Å². The summed E-state index contributed by atoms with van der Waals surface area (Å²) in [7, 11) is 0. The predicted molar refractivity (Wildman–Crippen MR) is 111 cm³/mol. The second-order valence-electron chi connectivity index (χ2n) is 8.31. The Labute approximate surface area is 159 Å². The van der Waals surface area contributed by atoms with E-state index in [0.29, 0.717) is 6.04 Å². The van der Waals surface area contributed by atoms with Crippen LogP contribution in [0, 0.1) is 5.41 Å². The van der Waals surface area contributed by atoms with Crippen molar-refractivity contribution < 1.29 is 0 Å². The summed E-state index contributed by atoms with van der Waals surface area (Å²) in [5, 5.41) is 3.51. The van der Waals surface area contributed by atoms with Crippen LogP contribution >= 0.6 is 0 Å². The highest BCUT2D eigenvalue weighted by Gasteiger charge is 2.30. The van der Waals surface area contributed by atoms with Crippen LogP contribution in [0.4, 0.5) is 0 Å². The Bertz CT molecular complexity index is 612. The smallest absolute Gasteiger partial charge is 0.193 e. The van der Waals surface area contributed by atoms with Gasteiger partial charge in [-0.1, -0.05) is 56.3 Å². The lowest BCUT2D eigenvalue weighted by Gasteiger charge is -2.27. The summed E-state index contributed by atoms with van der Waals surface area (Å²) in [5.41, 5.74) is 1.54. The quantitative estimate of drug-likeness (QED) is 0.484. The van der Waals surface area contributed by atoms with E-state index >= 15 is 0 Å². The van der Waals surface area contributed by atoms with E-state index in [1.807, 2.05) is 0 Å². The maximum absolute atomic E-state index is 5.02. The number of benzene rings is 1. The number of nitrogens with zero attached hydrogens (tertiary/aromatic N) is 3. The zero-order valence-corrected chi connectivity index (χ0v) is 16.6. The van der Waals surface area contributed by atoms with Gasteiger partial charge in [0, 0.05) is 45.3 Å². The molecule has 1 unspecified atom stereocenters. The maximum atomic E-state index is 5.02. The van der Waals surface area contributed by atoms with Crippen LogP contribution in [0.5, 0.6) is 0 Å². The van der Waals surface area contributed by atoms with Gasteiger partial charge in [0.25, 0.3) is 0 Å². The van der Waals surface area contributed by atoms with Crippen LogP contribution in [-0.2, 0) is 6.42 Å². The fraction of sp³-hybridized carbons (Fsp3) is 0.591. The van der Waals surface area contributed by atoms with Crippen molar-refractivity contribution in [3.8, 4) is 0 Å². The van der Waals surface area contributed by atoms with Crippen molar-refractivity contribution in [2.45, 2.75) is 39.7 Å². The minimum absolute atomic E-state index is 0.153. The van der Waals surface area contributed by atoms with E-state index in [1.54, 1.807) is 0 Å². The molecule has 3 rings (SSSR count). The first-order chi connectivity index (χ1) is 12.6. The summed E-state index contributed by atoms with van der Waals surface area (Å²) in [6, 6.07) is 11.4. The molecule has 2 aliphatic heterocycles. The molecule has 142 valence electrons. The van der Waals surface area contributed by atoms with Crippen molar-refractivity contribution in [1.82, 2.24) is 15.1 Å². The summed E-state index contributed by atoms with van der Waals surface area (Å²) < 4.78 is 0. The average molecular weight is 355 g/mol. The molecule has 0 bridgehead atoms. The summed E-state index contributed by atoms with van der Waals surface area (Å²) in [6.45, 7) is 13.0. The first kappa shape index (κ1) is 19.0. The van der Waals surface area contributed by atoms with Crippen LogP contribution in [0.1, 0.15) is 32.8 Å². The number of nitrogens with one attached hydrogen (secondary N) is 1. The molecule has 0 aromatic heterocycles. The monoisotopic (exact) mass is 354 g/mol. The molecule has 2 heterocycles. The van der Waals surface area contributed by atoms with Crippen LogP contribution in [0.3, 0.4) is 0 Å². The van der Waals surface area contributed by atoms with Crippen molar-refractivity contribution in [3.63, 3.8) is 0 Å². The molecule has 1 fully saturated rings. The summed E-state index contributed by atoms with van der Waals surface area (Å²) in [4.78, 5) is 10.0.